The van der Waals surface area contributed by atoms with Gasteiger partial charge in [0.2, 0.25) is 17.8 Å². The molecule has 2 fully saturated rings. The van der Waals surface area contributed by atoms with Crippen molar-refractivity contribution in [3.8, 4) is 0 Å². The summed E-state index contributed by atoms with van der Waals surface area (Å²) in [5.74, 6) is 0.641. The summed E-state index contributed by atoms with van der Waals surface area (Å²) in [6, 6.07) is 5.60. The molecule has 1 aromatic rings. The summed E-state index contributed by atoms with van der Waals surface area (Å²) in [6.45, 7) is 0.722. The number of anilines is 2. The molecule has 4 rings (SSSR count). The molecule has 1 saturated carbocycles. The van der Waals surface area contributed by atoms with Gasteiger partial charge in [0, 0.05) is 18.7 Å². The van der Waals surface area contributed by atoms with Gasteiger partial charge in [0.05, 0.1) is 10.7 Å². The minimum Gasteiger partial charge on any atom is -0.369 e. The molecular formula is C18H23ClN6O. The Morgan fingerprint density at radius 2 is 1.88 bits per heavy atom. The molecule has 138 valence electrons. The predicted octanol–water partition coefficient (Wildman–Crippen LogP) is 2.58. The van der Waals surface area contributed by atoms with Crippen molar-refractivity contribution in [1.82, 2.24) is 0 Å². The lowest BCUT2D eigenvalue weighted by atomic mass is 9.87. The van der Waals surface area contributed by atoms with Gasteiger partial charge in [0.1, 0.15) is 5.66 Å². The van der Waals surface area contributed by atoms with Gasteiger partial charge >= 0.3 is 0 Å². The van der Waals surface area contributed by atoms with Crippen LogP contribution in [0.1, 0.15) is 44.9 Å². The molecule has 1 aliphatic carbocycles. The van der Waals surface area contributed by atoms with Gasteiger partial charge in [-0.25, -0.2) is 4.99 Å². The molecule has 26 heavy (non-hydrogen) atoms. The van der Waals surface area contributed by atoms with Crippen LogP contribution in [0.5, 0.6) is 0 Å². The van der Waals surface area contributed by atoms with Crippen LogP contribution in [0.3, 0.4) is 0 Å². The molecular weight excluding hydrogens is 352 g/mol. The number of carbonyl (C=O) groups is 1. The van der Waals surface area contributed by atoms with Crippen molar-refractivity contribution in [2.45, 2.75) is 50.6 Å². The predicted molar refractivity (Wildman–Crippen MR) is 105 cm³/mol. The van der Waals surface area contributed by atoms with Crippen LogP contribution in [0.25, 0.3) is 0 Å². The van der Waals surface area contributed by atoms with Gasteiger partial charge in [-0.15, -0.1) is 0 Å². The summed E-state index contributed by atoms with van der Waals surface area (Å²) in [7, 11) is 0. The Labute approximate surface area is 157 Å². The Hall–Kier alpha value is -2.28. The minimum atomic E-state index is -0.550. The quantitative estimate of drug-likeness (QED) is 0.830. The van der Waals surface area contributed by atoms with Gasteiger partial charge in [-0.1, -0.05) is 18.0 Å². The maximum Gasteiger partial charge on any atom is 0.227 e. The average Bonchev–Trinajstić information content (AvgIpc) is 3.02. The molecule has 4 N–H and O–H groups in total. The fourth-order valence-electron chi connectivity index (χ4n) is 4.23. The second-order valence-electron chi connectivity index (χ2n) is 7.10. The van der Waals surface area contributed by atoms with E-state index < -0.39 is 5.66 Å². The van der Waals surface area contributed by atoms with Crippen molar-refractivity contribution in [3.63, 3.8) is 0 Å². The van der Waals surface area contributed by atoms with E-state index in [1.165, 1.54) is 0 Å². The lowest BCUT2D eigenvalue weighted by Crippen LogP contribution is -2.58. The maximum absolute atomic E-state index is 12.1. The molecule has 1 spiro atoms. The van der Waals surface area contributed by atoms with Crippen LogP contribution in [0.4, 0.5) is 11.4 Å². The van der Waals surface area contributed by atoms with Crippen LogP contribution in [0.15, 0.2) is 28.2 Å². The standard InChI is InChI=1S/C18H23ClN6O/c19-13-7-6-12(24-10-4-5-15(24)26)11-14(13)25-17(21)22-16(20)23-18(25)8-2-1-3-9-18/h6-7,11H,1-5,8-10H2,(H4,20,21,22,23). The topological polar surface area (TPSA) is 100 Å². The van der Waals surface area contributed by atoms with E-state index in [0.717, 1.165) is 56.4 Å². The van der Waals surface area contributed by atoms with Gasteiger partial charge in [-0.05, 0) is 50.3 Å². The number of hydrogen-bond donors (Lipinski definition) is 2. The monoisotopic (exact) mass is 374 g/mol. The van der Waals surface area contributed by atoms with Crippen molar-refractivity contribution >= 4 is 40.8 Å². The van der Waals surface area contributed by atoms with E-state index in [2.05, 4.69) is 9.98 Å². The van der Waals surface area contributed by atoms with Gasteiger partial charge in [-0.3, -0.25) is 9.69 Å². The van der Waals surface area contributed by atoms with Gasteiger partial charge < -0.3 is 16.4 Å². The Morgan fingerprint density at radius 1 is 1.12 bits per heavy atom. The Balaban J connectivity index is 1.79. The number of hydrogen-bond acceptors (Lipinski definition) is 6. The van der Waals surface area contributed by atoms with Crippen LogP contribution in [0.2, 0.25) is 5.02 Å². The molecule has 1 amide bonds. The van der Waals surface area contributed by atoms with Crippen molar-refractivity contribution in [1.29, 1.82) is 0 Å². The van der Waals surface area contributed by atoms with Crippen molar-refractivity contribution in [2.75, 3.05) is 16.3 Å². The summed E-state index contributed by atoms with van der Waals surface area (Å²) in [5, 5.41) is 0.555. The summed E-state index contributed by atoms with van der Waals surface area (Å²) < 4.78 is 0. The molecule has 8 heteroatoms. The zero-order valence-electron chi connectivity index (χ0n) is 14.6. The first-order valence-electron chi connectivity index (χ1n) is 9.10. The molecule has 2 aliphatic heterocycles. The third kappa shape index (κ3) is 2.80. The molecule has 0 atom stereocenters. The highest BCUT2D eigenvalue weighted by atomic mass is 35.5. The van der Waals surface area contributed by atoms with E-state index in [1.54, 1.807) is 4.90 Å². The highest BCUT2D eigenvalue weighted by molar-refractivity contribution is 6.34. The molecule has 3 aliphatic rings. The Kier molecular flexibility index (Phi) is 4.26. The van der Waals surface area contributed by atoms with Gasteiger partial charge in [0.25, 0.3) is 0 Å². The molecule has 0 aromatic heterocycles. The fraction of sp³-hybridized carbons (Fsp3) is 0.500. The minimum absolute atomic E-state index is 0.133. The van der Waals surface area contributed by atoms with E-state index in [0.29, 0.717) is 17.4 Å². The third-order valence-corrected chi connectivity index (χ3v) is 5.73. The lowest BCUT2D eigenvalue weighted by Gasteiger charge is -2.46. The zero-order chi connectivity index (χ0) is 18.3. The first kappa shape index (κ1) is 17.1. The second-order valence-corrected chi connectivity index (χ2v) is 7.51. The number of carbonyl (C=O) groups excluding carboxylic acids is 1. The van der Waals surface area contributed by atoms with Gasteiger partial charge in [-0.2, -0.15) is 4.99 Å². The average molecular weight is 375 g/mol. The van der Waals surface area contributed by atoms with E-state index in [4.69, 9.17) is 23.1 Å². The molecule has 0 radical (unpaired) electrons. The smallest absolute Gasteiger partial charge is 0.227 e. The number of amides is 1. The molecule has 7 nitrogen and oxygen atoms in total. The molecule has 1 aromatic carbocycles. The van der Waals surface area contributed by atoms with Crippen LogP contribution in [-0.4, -0.2) is 30.0 Å². The summed E-state index contributed by atoms with van der Waals surface area (Å²) in [6.07, 6.45) is 6.38. The van der Waals surface area contributed by atoms with Crippen molar-refractivity contribution < 1.29 is 4.79 Å². The van der Waals surface area contributed by atoms with Crippen LogP contribution < -0.4 is 21.3 Å². The summed E-state index contributed by atoms with van der Waals surface area (Å²) in [5.41, 5.74) is 13.2. The zero-order valence-corrected chi connectivity index (χ0v) is 15.4. The number of guanidine groups is 2. The summed E-state index contributed by atoms with van der Waals surface area (Å²) in [4.78, 5) is 24.7. The highest BCUT2D eigenvalue weighted by Crippen LogP contribution is 2.43. The van der Waals surface area contributed by atoms with E-state index in [-0.39, 0.29) is 11.9 Å². The Morgan fingerprint density at radius 3 is 2.58 bits per heavy atom. The van der Waals surface area contributed by atoms with E-state index in [9.17, 15) is 4.79 Å². The number of aliphatic imine (C=N–C) groups is 2. The maximum atomic E-state index is 12.1. The van der Waals surface area contributed by atoms with Crippen LogP contribution >= 0.6 is 11.6 Å². The number of nitrogens with zero attached hydrogens (tertiary/aromatic N) is 4. The number of halogens is 1. The first-order valence-corrected chi connectivity index (χ1v) is 9.48. The largest absolute Gasteiger partial charge is 0.369 e. The van der Waals surface area contributed by atoms with E-state index >= 15 is 0 Å². The van der Waals surface area contributed by atoms with Crippen LogP contribution in [0, 0.1) is 0 Å². The fourth-order valence-corrected chi connectivity index (χ4v) is 4.43. The second kappa shape index (κ2) is 6.46. The van der Waals surface area contributed by atoms with Gasteiger partial charge in [0.15, 0.2) is 0 Å². The molecule has 0 bridgehead atoms. The highest BCUT2D eigenvalue weighted by Gasteiger charge is 2.43. The normalized spacial score (nSPS) is 22.6. The number of rotatable bonds is 2. The van der Waals surface area contributed by atoms with Crippen molar-refractivity contribution in [2.24, 2.45) is 21.5 Å². The number of benzene rings is 1. The molecule has 2 heterocycles. The first-order chi connectivity index (χ1) is 12.5. The van der Waals surface area contributed by atoms with E-state index in [1.807, 2.05) is 23.1 Å². The molecule has 1 saturated heterocycles. The molecule has 0 unspecified atom stereocenters. The number of nitrogens with two attached hydrogens (primary N) is 2. The summed E-state index contributed by atoms with van der Waals surface area (Å²) >= 11 is 6.54. The van der Waals surface area contributed by atoms with Crippen LogP contribution in [-0.2, 0) is 4.79 Å². The SMILES string of the molecule is NC1=NC2(CCCCC2)N(c2cc(N3CCCC3=O)ccc2Cl)C(N)=N1. The lowest BCUT2D eigenvalue weighted by molar-refractivity contribution is -0.117. The van der Waals surface area contributed by atoms with Crippen molar-refractivity contribution in [3.05, 3.63) is 23.2 Å². The Bertz CT molecular complexity index is 799. The third-order valence-electron chi connectivity index (χ3n) is 5.41.